The van der Waals surface area contributed by atoms with E-state index in [1.165, 1.54) is 13.8 Å². The van der Waals surface area contributed by atoms with Crippen LogP contribution in [0.5, 0.6) is 0 Å². The monoisotopic (exact) mass is 726 g/mol. The molecular weight excluding hydrogens is 697 g/mol. The number of benzene rings is 4. The van der Waals surface area contributed by atoms with Gasteiger partial charge >= 0.3 is 11.8 Å². The number of thiocarbonyl (C=S) groups is 2. The van der Waals surface area contributed by atoms with Crippen LogP contribution in [0.25, 0.3) is 11.4 Å². The fourth-order valence-electron chi connectivity index (χ4n) is 5.87. The van der Waals surface area contributed by atoms with Gasteiger partial charge in [-0.05, 0) is 73.5 Å². The van der Waals surface area contributed by atoms with Gasteiger partial charge in [0.15, 0.2) is 11.6 Å². The zero-order valence-corrected chi connectivity index (χ0v) is 29.6. The topological polar surface area (TPSA) is 133 Å². The van der Waals surface area contributed by atoms with E-state index in [9.17, 15) is 28.8 Å². The molecule has 2 amide bonds. The Bertz CT molecular complexity index is 2090. The lowest BCUT2D eigenvalue weighted by Crippen LogP contribution is -2.30. The van der Waals surface area contributed by atoms with E-state index in [1.54, 1.807) is 97.1 Å². The molecule has 0 unspecified atom stereocenters. The maximum atomic E-state index is 13.5. The molecule has 0 bridgehead atoms. The van der Waals surface area contributed by atoms with Crippen LogP contribution in [-0.4, -0.2) is 58.0 Å². The van der Waals surface area contributed by atoms with E-state index in [1.807, 2.05) is 12.1 Å². The number of nitrogens with one attached hydrogen (secondary N) is 2. The van der Waals surface area contributed by atoms with E-state index in [2.05, 4.69) is 10.6 Å². The maximum absolute atomic E-state index is 13.5. The second kappa shape index (κ2) is 14.9. The van der Waals surface area contributed by atoms with Gasteiger partial charge in [-0.3, -0.25) is 38.6 Å². The van der Waals surface area contributed by atoms with Crippen LogP contribution in [0.2, 0.25) is 0 Å². The van der Waals surface area contributed by atoms with Gasteiger partial charge < -0.3 is 10.6 Å². The predicted octanol–water partition coefficient (Wildman–Crippen LogP) is 5.28. The third-order valence-corrected chi connectivity index (χ3v) is 9.27. The molecule has 4 aromatic carbocycles. The first-order chi connectivity index (χ1) is 25.0. The second-order valence-corrected chi connectivity index (χ2v) is 12.6. The highest BCUT2D eigenvalue weighted by atomic mass is 32.1. The van der Waals surface area contributed by atoms with Gasteiger partial charge in [-0.25, -0.2) is 0 Å². The predicted molar refractivity (Wildman–Crippen MR) is 206 cm³/mol. The second-order valence-electron chi connectivity index (χ2n) is 11.8. The normalized spacial score (nSPS) is 16.4. The molecule has 2 N–H and O–H groups in total. The van der Waals surface area contributed by atoms with Gasteiger partial charge in [0.1, 0.15) is 9.98 Å². The molecule has 2 aliphatic heterocycles. The molecule has 2 fully saturated rings. The molecule has 6 rings (SSSR count). The smallest absolute Gasteiger partial charge is 0.304 e. The zero-order valence-electron chi connectivity index (χ0n) is 28.0. The summed E-state index contributed by atoms with van der Waals surface area (Å²) in [6, 6.07) is 30.5. The summed E-state index contributed by atoms with van der Waals surface area (Å²) in [5.74, 6) is -3.50. The molecule has 0 radical (unpaired) electrons. The number of anilines is 2. The van der Waals surface area contributed by atoms with Gasteiger partial charge in [-0.15, -0.1) is 0 Å². The number of amides is 2. The molecule has 0 aromatic heterocycles. The van der Waals surface area contributed by atoms with Crippen molar-refractivity contribution in [3.8, 4) is 0 Å². The van der Waals surface area contributed by atoms with Crippen LogP contribution in [0.3, 0.4) is 0 Å². The average molecular weight is 727 g/mol. The molecular formula is C40H30N4O6S2. The molecule has 12 heteroatoms. The summed E-state index contributed by atoms with van der Waals surface area (Å²) in [6.07, 6.45) is 0. The van der Waals surface area contributed by atoms with Crippen LogP contribution in [0, 0.1) is 0 Å². The van der Waals surface area contributed by atoms with Crippen LogP contribution in [-0.2, 0) is 19.2 Å². The Hall–Kier alpha value is -6.24. The molecule has 4 aromatic rings. The van der Waals surface area contributed by atoms with Crippen molar-refractivity contribution in [1.82, 2.24) is 10.6 Å². The minimum Gasteiger partial charge on any atom is -0.382 e. The molecule has 258 valence electrons. The fraction of sp³-hybridized carbons (Fsp3) is 0.100. The van der Waals surface area contributed by atoms with E-state index < -0.39 is 23.4 Å². The van der Waals surface area contributed by atoms with E-state index in [4.69, 9.17) is 24.4 Å². The summed E-state index contributed by atoms with van der Waals surface area (Å²) in [7, 11) is 0. The minimum atomic E-state index is -0.821. The number of hydrogen-bond acceptors (Lipinski definition) is 10. The van der Waals surface area contributed by atoms with Gasteiger partial charge in [0.2, 0.25) is 0 Å². The molecule has 0 aliphatic carbocycles. The largest absolute Gasteiger partial charge is 0.382 e. The average Bonchev–Trinajstić information content (AvgIpc) is 3.51. The van der Waals surface area contributed by atoms with Crippen LogP contribution in [0.15, 0.2) is 120 Å². The van der Waals surface area contributed by atoms with Crippen molar-refractivity contribution in [2.24, 2.45) is 0 Å². The van der Waals surface area contributed by atoms with Crippen LogP contribution in [0.1, 0.15) is 45.7 Å². The summed E-state index contributed by atoms with van der Waals surface area (Å²) in [5.41, 5.74) is 3.55. The van der Waals surface area contributed by atoms with Gasteiger partial charge in [-0.2, -0.15) is 0 Å². The van der Waals surface area contributed by atoms with E-state index in [-0.39, 0.29) is 45.8 Å². The van der Waals surface area contributed by atoms with Gasteiger partial charge in [0.25, 0.3) is 11.6 Å². The van der Waals surface area contributed by atoms with Crippen molar-refractivity contribution in [2.45, 2.75) is 13.8 Å². The van der Waals surface area contributed by atoms with Crippen molar-refractivity contribution in [3.63, 3.8) is 0 Å². The van der Waals surface area contributed by atoms with Gasteiger partial charge in [-0.1, -0.05) is 85.1 Å². The molecule has 2 heterocycles. The Balaban J connectivity index is 1.30. The van der Waals surface area contributed by atoms with E-state index in [0.29, 0.717) is 45.0 Å². The lowest BCUT2D eigenvalue weighted by molar-refractivity contribution is -0.132. The SMILES string of the molecule is CC(=O)c1ccc(N2C(=O)C(=O)/C(=C(/NCCN/C(=C3/C(=O)C(=O)N(c4ccc(C(C)=O)cc4)C3=S)c3ccccc3)c3ccccc3)C2=S)cc1. The molecule has 0 spiro atoms. The standard InChI is InChI=1S/C40H30N4O6S2/c1-23(45)25-13-17-29(18-14-25)43-37(49)35(47)31(39(43)51)33(27-9-5-3-6-10-27)41-21-22-42-34(28-11-7-4-8-12-28)32-36(48)38(50)44(40(32)52)30-19-15-26(16-20-30)24(2)46/h3-20,41-42H,21-22H2,1-2H3/b33-31-,34-32-. The van der Waals surface area contributed by atoms with Crippen LogP contribution < -0.4 is 20.4 Å². The van der Waals surface area contributed by atoms with Crippen molar-refractivity contribution < 1.29 is 28.8 Å². The maximum Gasteiger partial charge on any atom is 0.304 e. The number of ketones is 4. The Morgan fingerprint density at radius 1 is 0.500 bits per heavy atom. The Morgan fingerprint density at radius 2 is 0.827 bits per heavy atom. The number of Topliss-reactive ketones (excluding diaryl/α,β-unsaturated/α-hetero) is 4. The van der Waals surface area contributed by atoms with Crippen molar-refractivity contribution in [1.29, 1.82) is 0 Å². The molecule has 2 aliphatic rings. The first kappa shape index (κ1) is 35.6. The Kier molecular flexibility index (Phi) is 10.2. The van der Waals surface area contributed by atoms with Crippen molar-refractivity contribution >= 4 is 92.1 Å². The summed E-state index contributed by atoms with van der Waals surface area (Å²) < 4.78 is 0. The lowest BCUT2D eigenvalue weighted by atomic mass is 10.0. The highest BCUT2D eigenvalue weighted by molar-refractivity contribution is 7.81. The number of carbonyl (C=O) groups is 6. The third-order valence-electron chi connectivity index (χ3n) is 8.50. The fourth-order valence-corrected chi connectivity index (χ4v) is 6.64. The Morgan fingerprint density at radius 3 is 1.13 bits per heavy atom. The number of hydrogen-bond donors (Lipinski definition) is 2. The Labute approximate surface area is 309 Å². The summed E-state index contributed by atoms with van der Waals surface area (Å²) in [6.45, 7) is 3.23. The van der Waals surface area contributed by atoms with Crippen LogP contribution >= 0.6 is 24.4 Å². The number of carbonyl (C=O) groups excluding carboxylic acids is 6. The third kappa shape index (κ3) is 6.76. The summed E-state index contributed by atoms with van der Waals surface area (Å²) in [4.78, 5) is 79.6. The molecule has 2 saturated heterocycles. The lowest BCUT2D eigenvalue weighted by Gasteiger charge is -2.19. The quantitative estimate of drug-likeness (QED) is 0.0692. The number of rotatable bonds is 11. The van der Waals surface area contributed by atoms with Crippen LogP contribution in [0.4, 0.5) is 11.4 Å². The van der Waals surface area contributed by atoms with Gasteiger partial charge in [0.05, 0.1) is 33.9 Å². The van der Waals surface area contributed by atoms with E-state index >= 15 is 0 Å². The van der Waals surface area contributed by atoms with Gasteiger partial charge in [0, 0.05) is 24.2 Å². The first-order valence-electron chi connectivity index (χ1n) is 16.1. The summed E-state index contributed by atoms with van der Waals surface area (Å²) in [5, 5.41) is 6.55. The zero-order chi connectivity index (χ0) is 37.1. The molecule has 52 heavy (non-hydrogen) atoms. The molecule has 0 saturated carbocycles. The highest BCUT2D eigenvalue weighted by Gasteiger charge is 2.44. The van der Waals surface area contributed by atoms with Crippen molar-refractivity contribution in [2.75, 3.05) is 22.9 Å². The van der Waals surface area contributed by atoms with E-state index in [0.717, 1.165) is 9.80 Å². The van der Waals surface area contributed by atoms with Crippen molar-refractivity contribution in [3.05, 3.63) is 143 Å². The minimum absolute atomic E-state index is 0.00817. The number of nitrogens with zero attached hydrogens (tertiary/aromatic N) is 2. The first-order valence-corrected chi connectivity index (χ1v) is 17.0. The summed E-state index contributed by atoms with van der Waals surface area (Å²) >= 11 is 11.4. The highest BCUT2D eigenvalue weighted by Crippen LogP contribution is 2.32. The molecule has 0 atom stereocenters. The molecule has 10 nitrogen and oxygen atoms in total.